The number of benzene rings is 2. The van der Waals surface area contributed by atoms with Crippen molar-refractivity contribution in [2.75, 3.05) is 0 Å². The van der Waals surface area contributed by atoms with E-state index < -0.39 is 17.9 Å². The van der Waals surface area contributed by atoms with Crippen molar-refractivity contribution in [1.29, 1.82) is 0 Å². The zero-order valence-electron chi connectivity index (χ0n) is 15.6. The van der Waals surface area contributed by atoms with E-state index in [9.17, 15) is 14.7 Å². The Morgan fingerprint density at radius 3 is 2.32 bits per heavy atom. The van der Waals surface area contributed by atoms with E-state index in [0.29, 0.717) is 13.0 Å². The Morgan fingerprint density at radius 1 is 1.07 bits per heavy atom. The van der Waals surface area contributed by atoms with Crippen LogP contribution in [0.3, 0.4) is 0 Å². The average Bonchev–Trinajstić information content (AvgIpc) is 2.73. The van der Waals surface area contributed by atoms with Gasteiger partial charge in [0.25, 0.3) is 5.91 Å². The van der Waals surface area contributed by atoms with E-state index in [-0.39, 0.29) is 0 Å². The third kappa shape index (κ3) is 6.50. The van der Waals surface area contributed by atoms with Crippen molar-refractivity contribution < 1.29 is 19.9 Å². The van der Waals surface area contributed by atoms with Gasteiger partial charge in [-0.15, -0.1) is 0 Å². The maximum atomic E-state index is 11.7. The molecular weight excluding hydrogens is 356 g/mol. The summed E-state index contributed by atoms with van der Waals surface area (Å²) in [5.74, 6) is -1.50. The summed E-state index contributed by atoms with van der Waals surface area (Å²) < 4.78 is 0. The highest BCUT2D eigenvalue weighted by Crippen LogP contribution is 2.20. The molecule has 0 radical (unpaired) electrons. The van der Waals surface area contributed by atoms with E-state index in [0.717, 1.165) is 22.3 Å². The van der Waals surface area contributed by atoms with Gasteiger partial charge >= 0.3 is 5.97 Å². The van der Waals surface area contributed by atoms with Crippen LogP contribution in [0.15, 0.2) is 66.7 Å². The van der Waals surface area contributed by atoms with Gasteiger partial charge in [-0.05, 0) is 41.7 Å². The van der Waals surface area contributed by atoms with Crippen LogP contribution in [0, 0.1) is 0 Å². The molecule has 1 unspecified atom stereocenters. The molecule has 0 fully saturated rings. The van der Waals surface area contributed by atoms with Crippen LogP contribution in [0.2, 0.25) is 0 Å². The van der Waals surface area contributed by atoms with Crippen LogP contribution in [0.5, 0.6) is 0 Å². The van der Waals surface area contributed by atoms with Gasteiger partial charge in [-0.3, -0.25) is 14.8 Å². The number of carboxylic acid groups (broad SMARTS) is 1. The van der Waals surface area contributed by atoms with Gasteiger partial charge in [-0.25, -0.2) is 5.48 Å². The second-order valence-electron chi connectivity index (χ2n) is 6.21. The molecule has 2 rings (SSSR count). The number of aliphatic carboxylic acids is 1. The maximum Gasteiger partial charge on any atom is 0.321 e. The second kappa shape index (κ2) is 10.8. The first-order chi connectivity index (χ1) is 13.5. The van der Waals surface area contributed by atoms with Crippen LogP contribution >= 0.6 is 0 Å². The van der Waals surface area contributed by atoms with Crippen LogP contribution in [-0.2, 0) is 16.1 Å². The molecule has 1 atom stereocenters. The zero-order valence-corrected chi connectivity index (χ0v) is 15.6. The first-order valence-electron chi connectivity index (χ1n) is 8.91. The summed E-state index contributed by atoms with van der Waals surface area (Å²) in [6.45, 7) is 2.31. The Bertz CT molecular complexity index is 843. The summed E-state index contributed by atoms with van der Waals surface area (Å²) in [6.07, 6.45) is 5.11. The molecule has 4 N–H and O–H groups in total. The molecule has 0 aromatic heterocycles. The largest absolute Gasteiger partial charge is 0.480 e. The smallest absolute Gasteiger partial charge is 0.321 e. The lowest BCUT2D eigenvalue weighted by Gasteiger charge is -2.17. The van der Waals surface area contributed by atoms with E-state index in [1.165, 1.54) is 11.6 Å². The van der Waals surface area contributed by atoms with Crippen LogP contribution < -0.4 is 10.8 Å². The minimum Gasteiger partial charge on any atom is -0.480 e. The third-order valence-corrected chi connectivity index (χ3v) is 4.28. The number of carboxylic acids is 1. The van der Waals surface area contributed by atoms with Gasteiger partial charge in [0.2, 0.25) is 0 Å². The molecule has 0 spiro atoms. The van der Waals surface area contributed by atoms with Crippen molar-refractivity contribution in [2.45, 2.75) is 25.9 Å². The van der Waals surface area contributed by atoms with Gasteiger partial charge < -0.3 is 10.4 Å². The lowest BCUT2D eigenvalue weighted by atomic mass is 9.98. The van der Waals surface area contributed by atoms with Gasteiger partial charge in [0, 0.05) is 12.6 Å². The number of carbonyl (C=O) groups excluding carboxylic acids is 1. The van der Waals surface area contributed by atoms with Crippen LogP contribution in [0.25, 0.3) is 11.6 Å². The van der Waals surface area contributed by atoms with Gasteiger partial charge in [-0.1, -0.05) is 60.7 Å². The van der Waals surface area contributed by atoms with Gasteiger partial charge in [0.05, 0.1) is 0 Å². The number of hydroxylamine groups is 1. The SMILES string of the molecule is C/C=C(/CC(NCc1ccc(/C=C/C(=O)NO)cc1)C(=O)O)c1ccccc1. The fraction of sp³-hybridized carbons (Fsp3) is 0.182. The van der Waals surface area contributed by atoms with Crippen molar-refractivity contribution in [1.82, 2.24) is 10.8 Å². The minimum absolute atomic E-state index is 0.382. The number of allylic oxidation sites excluding steroid dienone is 1. The summed E-state index contributed by atoms with van der Waals surface area (Å²) in [6, 6.07) is 16.4. The minimum atomic E-state index is -0.898. The van der Waals surface area contributed by atoms with E-state index in [1.54, 1.807) is 6.08 Å². The molecular formula is C22H24N2O4. The first kappa shape index (κ1) is 21.1. The third-order valence-electron chi connectivity index (χ3n) is 4.28. The Hall–Kier alpha value is -3.22. The maximum absolute atomic E-state index is 11.7. The number of hydrogen-bond donors (Lipinski definition) is 4. The summed E-state index contributed by atoms with van der Waals surface area (Å²) in [7, 11) is 0. The molecule has 0 aliphatic heterocycles. The number of rotatable bonds is 9. The summed E-state index contributed by atoms with van der Waals surface area (Å²) >= 11 is 0. The Balaban J connectivity index is 1.98. The molecule has 0 aliphatic rings. The molecule has 2 aromatic rings. The monoisotopic (exact) mass is 380 g/mol. The predicted molar refractivity (Wildman–Crippen MR) is 108 cm³/mol. The molecule has 2 aromatic carbocycles. The standard InChI is InChI=1S/C22H24N2O4/c1-2-18(19-6-4-3-5-7-19)14-20(22(26)27)23-15-17-10-8-16(9-11-17)12-13-21(25)24-28/h2-13,20,23,28H,14-15H2,1H3,(H,24,25)(H,26,27)/b13-12+,18-2-. The van der Waals surface area contributed by atoms with E-state index in [2.05, 4.69) is 5.32 Å². The Morgan fingerprint density at radius 2 is 1.75 bits per heavy atom. The number of carbonyl (C=O) groups is 2. The molecule has 6 heteroatoms. The molecule has 1 amide bonds. The lowest BCUT2D eigenvalue weighted by molar-refractivity contribution is -0.139. The van der Waals surface area contributed by atoms with Crippen molar-refractivity contribution in [3.05, 3.63) is 83.4 Å². The molecule has 146 valence electrons. The highest BCUT2D eigenvalue weighted by molar-refractivity contribution is 5.90. The fourth-order valence-electron chi connectivity index (χ4n) is 2.72. The van der Waals surface area contributed by atoms with Crippen molar-refractivity contribution in [3.8, 4) is 0 Å². The Kier molecular flexibility index (Phi) is 8.14. The topological polar surface area (TPSA) is 98.7 Å². The molecule has 0 bridgehead atoms. The van der Waals surface area contributed by atoms with Crippen LogP contribution in [0.1, 0.15) is 30.0 Å². The predicted octanol–water partition coefficient (Wildman–Crippen LogP) is 3.24. The molecule has 0 saturated heterocycles. The number of nitrogens with one attached hydrogen (secondary N) is 2. The van der Waals surface area contributed by atoms with Crippen molar-refractivity contribution in [2.24, 2.45) is 0 Å². The number of hydrogen-bond acceptors (Lipinski definition) is 4. The lowest BCUT2D eigenvalue weighted by Crippen LogP contribution is -2.36. The first-order valence-corrected chi connectivity index (χ1v) is 8.91. The van der Waals surface area contributed by atoms with E-state index in [4.69, 9.17) is 5.21 Å². The zero-order chi connectivity index (χ0) is 20.4. The summed E-state index contributed by atoms with van der Waals surface area (Å²) in [5, 5.41) is 21.1. The van der Waals surface area contributed by atoms with Crippen molar-refractivity contribution >= 4 is 23.5 Å². The van der Waals surface area contributed by atoms with Gasteiger partial charge in [0.1, 0.15) is 6.04 Å². The average molecular weight is 380 g/mol. The van der Waals surface area contributed by atoms with E-state index in [1.807, 2.05) is 67.6 Å². The van der Waals surface area contributed by atoms with Crippen LogP contribution in [0.4, 0.5) is 0 Å². The molecule has 0 saturated carbocycles. The number of amides is 1. The normalized spacial score (nSPS) is 12.7. The summed E-state index contributed by atoms with van der Waals surface area (Å²) in [4.78, 5) is 22.7. The molecule has 0 heterocycles. The van der Waals surface area contributed by atoms with Crippen LogP contribution in [-0.4, -0.2) is 28.2 Å². The molecule has 0 aliphatic carbocycles. The van der Waals surface area contributed by atoms with Crippen molar-refractivity contribution in [3.63, 3.8) is 0 Å². The fourth-order valence-corrected chi connectivity index (χ4v) is 2.72. The summed E-state index contributed by atoms with van der Waals surface area (Å²) in [5.41, 5.74) is 5.24. The van der Waals surface area contributed by atoms with Gasteiger partial charge in [0.15, 0.2) is 0 Å². The molecule has 6 nitrogen and oxygen atoms in total. The van der Waals surface area contributed by atoms with E-state index >= 15 is 0 Å². The second-order valence-corrected chi connectivity index (χ2v) is 6.21. The molecule has 28 heavy (non-hydrogen) atoms. The Labute approximate surface area is 164 Å². The highest BCUT2D eigenvalue weighted by Gasteiger charge is 2.19. The quantitative estimate of drug-likeness (QED) is 0.304. The van der Waals surface area contributed by atoms with Gasteiger partial charge in [-0.2, -0.15) is 0 Å². The highest BCUT2D eigenvalue weighted by atomic mass is 16.5.